The number of likely N-dealkylation sites (tertiary alicyclic amines) is 1. The van der Waals surface area contributed by atoms with Gasteiger partial charge in [-0.2, -0.15) is 5.10 Å². The van der Waals surface area contributed by atoms with Gasteiger partial charge in [-0.3, -0.25) is 9.59 Å². The lowest BCUT2D eigenvalue weighted by Gasteiger charge is -2.33. The molecule has 5 heterocycles. The van der Waals surface area contributed by atoms with E-state index < -0.39 is 17.9 Å². The zero-order chi connectivity index (χ0) is 38.3. The number of piperidine rings is 2. The summed E-state index contributed by atoms with van der Waals surface area (Å²) >= 11 is 0. The summed E-state index contributed by atoms with van der Waals surface area (Å²) in [4.78, 5) is 33.6. The summed E-state index contributed by atoms with van der Waals surface area (Å²) < 4.78 is 30.2. The monoisotopic (exact) mass is 758 g/mol. The van der Waals surface area contributed by atoms with E-state index in [0.717, 1.165) is 82.3 Å². The largest absolute Gasteiger partial charge is 0.392 e. The minimum atomic E-state index is -0.881. The number of benzene rings is 2. The quantitative estimate of drug-likeness (QED) is 0.102. The first-order valence-corrected chi connectivity index (χ1v) is 19.8. The number of rotatable bonds is 15. The van der Waals surface area contributed by atoms with Crippen LogP contribution in [0.4, 0.5) is 20.3 Å². The van der Waals surface area contributed by atoms with Gasteiger partial charge in [-0.25, -0.2) is 18.3 Å². The van der Waals surface area contributed by atoms with Crippen LogP contribution in [0.15, 0.2) is 60.9 Å². The molecule has 3 aliphatic heterocycles. The van der Waals surface area contributed by atoms with Gasteiger partial charge in [0.25, 0.3) is 5.91 Å². The Morgan fingerprint density at radius 2 is 1.78 bits per heavy atom. The molecular formula is C41H52F2N8O4. The molecule has 0 saturated carbocycles. The first-order chi connectivity index (χ1) is 26.7. The van der Waals surface area contributed by atoms with Gasteiger partial charge in [0.2, 0.25) is 5.91 Å². The summed E-state index contributed by atoms with van der Waals surface area (Å²) in [5, 5.41) is 34.1. The molecule has 14 heteroatoms. The summed E-state index contributed by atoms with van der Waals surface area (Å²) in [7, 11) is 0. The van der Waals surface area contributed by atoms with E-state index in [9.17, 15) is 28.6 Å². The third-order valence-corrected chi connectivity index (χ3v) is 11.4. The number of aromatic nitrogens is 3. The van der Waals surface area contributed by atoms with Crippen molar-refractivity contribution in [1.82, 2.24) is 30.1 Å². The number of carbonyl (C=O) groups excluding carboxylic acids is 2. The maximum absolute atomic E-state index is 14.6. The maximum atomic E-state index is 14.6. The maximum Gasteiger partial charge on any atom is 0.256 e. The van der Waals surface area contributed by atoms with E-state index in [1.54, 1.807) is 16.8 Å². The highest BCUT2D eigenvalue weighted by Gasteiger charge is 2.31. The van der Waals surface area contributed by atoms with Crippen LogP contribution < -0.4 is 20.9 Å². The molecule has 0 bridgehead atoms. The van der Waals surface area contributed by atoms with E-state index in [2.05, 4.69) is 38.1 Å². The third kappa shape index (κ3) is 9.60. The topological polar surface area (TPSA) is 147 Å². The van der Waals surface area contributed by atoms with Crippen LogP contribution in [-0.4, -0.2) is 92.6 Å². The Balaban J connectivity index is 0.782. The van der Waals surface area contributed by atoms with Gasteiger partial charge in [-0.05, 0) is 106 Å². The number of hydrogen-bond donors (Lipinski definition) is 5. The fourth-order valence-electron chi connectivity index (χ4n) is 8.31. The van der Waals surface area contributed by atoms with E-state index in [1.807, 2.05) is 17.0 Å². The number of hydrogen-bond acceptors (Lipinski definition) is 9. The standard InChI is InChI=1S/C41H52F2N8O4/c42-29-10-13-34(43)32(24-29)36-7-5-20-50(36)37-18-23-51-39(47-37)33(25-45-51)40(54)44-19-4-2-1-3-6-31(52)26-49-21-16-28(17-22-49)27-8-11-30(12-9-27)46-35-14-15-38(53)48-41(35)55/h8-13,18,23-25,28,31,35-36,41,46,52,55H,1-7,14-17,19-22,26H2,(H,44,54)(H,48,53)/t31?,35?,36-,41?/m1/s1. The molecule has 3 fully saturated rings. The van der Waals surface area contributed by atoms with Crippen molar-refractivity contribution in [3.8, 4) is 0 Å². The third-order valence-electron chi connectivity index (χ3n) is 11.4. The highest BCUT2D eigenvalue weighted by atomic mass is 19.1. The molecule has 0 aliphatic carbocycles. The molecule has 2 amide bonds. The number of anilines is 2. The zero-order valence-electron chi connectivity index (χ0n) is 31.2. The number of nitrogens with one attached hydrogen (secondary N) is 3. The van der Waals surface area contributed by atoms with Crippen molar-refractivity contribution in [2.75, 3.05) is 42.9 Å². The minimum absolute atomic E-state index is 0.120. The van der Waals surface area contributed by atoms with E-state index in [0.29, 0.717) is 67.4 Å². The second-order valence-electron chi connectivity index (χ2n) is 15.2. The lowest BCUT2D eigenvalue weighted by Crippen LogP contribution is -2.51. The van der Waals surface area contributed by atoms with Crippen molar-refractivity contribution in [1.29, 1.82) is 0 Å². The van der Waals surface area contributed by atoms with Gasteiger partial charge in [-0.1, -0.05) is 31.4 Å². The fourth-order valence-corrected chi connectivity index (χ4v) is 8.31. The number of unbranched alkanes of at least 4 members (excludes halogenated alkanes) is 3. The van der Waals surface area contributed by atoms with Crippen molar-refractivity contribution in [2.24, 2.45) is 0 Å². The molecule has 4 atom stereocenters. The molecule has 294 valence electrons. The van der Waals surface area contributed by atoms with Crippen LogP contribution >= 0.6 is 0 Å². The number of nitrogens with zero attached hydrogens (tertiary/aromatic N) is 5. The average molecular weight is 759 g/mol. The van der Waals surface area contributed by atoms with Crippen LogP contribution in [0.5, 0.6) is 0 Å². The van der Waals surface area contributed by atoms with Gasteiger partial charge in [-0.15, -0.1) is 0 Å². The molecule has 5 N–H and O–H groups in total. The molecular weight excluding hydrogens is 706 g/mol. The summed E-state index contributed by atoms with van der Waals surface area (Å²) in [6, 6.07) is 13.2. The summed E-state index contributed by atoms with van der Waals surface area (Å²) in [6.07, 6.45) is 11.0. The molecule has 2 aromatic carbocycles. The Morgan fingerprint density at radius 1 is 0.982 bits per heavy atom. The lowest BCUT2D eigenvalue weighted by molar-refractivity contribution is -0.126. The molecule has 12 nitrogen and oxygen atoms in total. The number of aliphatic hydroxyl groups excluding tert-OH is 2. The van der Waals surface area contributed by atoms with Crippen molar-refractivity contribution in [3.05, 3.63) is 89.2 Å². The number of β-amino-alcohol motifs (C(OH)–C–C–N with tert-alkyl or cyclic N) is 1. The number of halogens is 2. The van der Waals surface area contributed by atoms with Crippen LogP contribution in [0.3, 0.4) is 0 Å². The molecule has 0 radical (unpaired) electrons. The summed E-state index contributed by atoms with van der Waals surface area (Å²) in [5.41, 5.74) is 3.32. The van der Waals surface area contributed by atoms with Gasteiger partial charge in [0, 0.05) is 43.5 Å². The van der Waals surface area contributed by atoms with Gasteiger partial charge in [0.15, 0.2) is 5.65 Å². The van der Waals surface area contributed by atoms with E-state index in [-0.39, 0.29) is 30.0 Å². The second-order valence-corrected chi connectivity index (χ2v) is 15.2. The van der Waals surface area contributed by atoms with Crippen LogP contribution in [0.1, 0.15) is 104 Å². The summed E-state index contributed by atoms with van der Waals surface area (Å²) in [5.74, 6) is -0.229. The number of aliphatic hydroxyl groups is 2. The van der Waals surface area contributed by atoms with Crippen molar-refractivity contribution in [3.63, 3.8) is 0 Å². The first kappa shape index (κ1) is 38.6. The molecule has 3 unspecified atom stereocenters. The second kappa shape index (κ2) is 17.9. The highest BCUT2D eigenvalue weighted by Crippen LogP contribution is 2.37. The van der Waals surface area contributed by atoms with Crippen LogP contribution in [0.25, 0.3) is 5.65 Å². The Hall–Kier alpha value is -4.66. The van der Waals surface area contributed by atoms with Gasteiger partial charge in [0.05, 0.1) is 24.4 Å². The Labute approximate surface area is 320 Å². The Bertz CT molecular complexity index is 1920. The van der Waals surface area contributed by atoms with Crippen LogP contribution in [0.2, 0.25) is 0 Å². The Morgan fingerprint density at radius 3 is 2.58 bits per heavy atom. The minimum Gasteiger partial charge on any atom is -0.392 e. The SMILES string of the molecule is O=C1CCC(Nc2ccc(C3CCN(CC(O)CCCCCCNC(=O)c4cnn5ccc(N6CCC[C@@H]6c6cc(F)ccc6F)nc45)CC3)cc2)C(O)N1. The molecule has 3 aliphatic rings. The molecule has 4 aromatic rings. The molecule has 7 rings (SSSR count). The predicted octanol–water partition coefficient (Wildman–Crippen LogP) is 5.28. The molecule has 3 saturated heterocycles. The number of amides is 2. The highest BCUT2D eigenvalue weighted by molar-refractivity contribution is 5.99. The van der Waals surface area contributed by atoms with Gasteiger partial charge >= 0.3 is 0 Å². The van der Waals surface area contributed by atoms with Crippen LogP contribution in [0, 0.1) is 11.6 Å². The number of carbonyl (C=O) groups is 2. The smallest absolute Gasteiger partial charge is 0.256 e. The van der Waals surface area contributed by atoms with Crippen molar-refractivity contribution in [2.45, 2.75) is 101 Å². The van der Waals surface area contributed by atoms with E-state index in [4.69, 9.17) is 4.98 Å². The summed E-state index contributed by atoms with van der Waals surface area (Å²) in [6.45, 7) is 3.74. The van der Waals surface area contributed by atoms with Crippen molar-refractivity contribution < 1.29 is 28.6 Å². The first-order valence-electron chi connectivity index (χ1n) is 19.8. The van der Waals surface area contributed by atoms with E-state index >= 15 is 0 Å². The normalized spacial score (nSPS) is 21.5. The molecule has 2 aromatic heterocycles. The number of fused-ring (bicyclic) bond motifs is 1. The van der Waals surface area contributed by atoms with Gasteiger partial charge in [0.1, 0.15) is 29.2 Å². The lowest BCUT2D eigenvalue weighted by atomic mass is 9.89. The van der Waals surface area contributed by atoms with Gasteiger partial charge < -0.3 is 36.0 Å². The van der Waals surface area contributed by atoms with E-state index in [1.165, 1.54) is 17.8 Å². The molecule has 0 spiro atoms. The fraction of sp³-hybridized carbons (Fsp3) is 0.512. The Kier molecular flexibility index (Phi) is 12.5. The van der Waals surface area contributed by atoms with Crippen molar-refractivity contribution >= 4 is 29.0 Å². The predicted molar refractivity (Wildman–Crippen MR) is 206 cm³/mol. The van der Waals surface area contributed by atoms with Crippen LogP contribution in [-0.2, 0) is 4.79 Å². The molecule has 55 heavy (non-hydrogen) atoms. The zero-order valence-corrected chi connectivity index (χ0v) is 31.2. The average Bonchev–Trinajstić information content (AvgIpc) is 3.85.